The molecule has 7 heteroatoms. The highest BCUT2D eigenvalue weighted by Crippen LogP contribution is 2.13. The number of fused-ring (bicyclic) bond motifs is 1. The Morgan fingerprint density at radius 1 is 1.45 bits per heavy atom. The average Bonchev–Trinajstić information content (AvgIpc) is 3.10. The molecule has 20 heavy (non-hydrogen) atoms. The molecule has 0 aliphatic heterocycles. The molecule has 0 spiro atoms. The maximum atomic E-state index is 12.1. The molecule has 0 atom stereocenters. The first-order valence-corrected chi connectivity index (χ1v) is 6.93. The number of aromatic nitrogens is 3. The van der Waals surface area contributed by atoms with Gasteiger partial charge >= 0.3 is 0 Å². The maximum Gasteiger partial charge on any atom is 0.262 e. The van der Waals surface area contributed by atoms with Crippen LogP contribution in [0, 0.1) is 0 Å². The van der Waals surface area contributed by atoms with Crippen molar-refractivity contribution < 1.29 is 4.79 Å². The van der Waals surface area contributed by atoms with Crippen molar-refractivity contribution in [2.24, 2.45) is 0 Å². The number of rotatable bonds is 4. The van der Waals surface area contributed by atoms with Gasteiger partial charge in [0, 0.05) is 18.9 Å². The molecule has 0 saturated heterocycles. The van der Waals surface area contributed by atoms with Crippen molar-refractivity contribution in [1.29, 1.82) is 0 Å². The van der Waals surface area contributed by atoms with E-state index in [1.807, 2.05) is 17.6 Å². The molecule has 2 N–H and O–H groups in total. The third-order valence-electron chi connectivity index (χ3n) is 2.92. The lowest BCUT2D eigenvalue weighted by molar-refractivity contribution is -0.121. The predicted octanol–water partition coefficient (Wildman–Crippen LogP) is 1.10. The molecule has 0 bridgehead atoms. The predicted molar refractivity (Wildman–Crippen MR) is 76.5 cm³/mol. The Labute approximate surface area is 118 Å². The van der Waals surface area contributed by atoms with Crippen molar-refractivity contribution in [2.75, 3.05) is 0 Å². The van der Waals surface area contributed by atoms with E-state index in [1.54, 1.807) is 12.3 Å². The van der Waals surface area contributed by atoms with E-state index >= 15 is 0 Å². The summed E-state index contributed by atoms with van der Waals surface area (Å²) < 4.78 is 1.32. The molecule has 3 heterocycles. The van der Waals surface area contributed by atoms with Gasteiger partial charge in [-0.05, 0) is 23.1 Å². The zero-order valence-corrected chi connectivity index (χ0v) is 11.3. The van der Waals surface area contributed by atoms with Gasteiger partial charge in [-0.25, -0.2) is 4.98 Å². The highest BCUT2D eigenvalue weighted by Gasteiger charge is 2.08. The third kappa shape index (κ3) is 2.48. The summed E-state index contributed by atoms with van der Waals surface area (Å²) in [4.78, 5) is 31.7. The van der Waals surface area contributed by atoms with Gasteiger partial charge in [0.25, 0.3) is 5.56 Å². The summed E-state index contributed by atoms with van der Waals surface area (Å²) in [6.07, 6.45) is 5.02. The van der Waals surface area contributed by atoms with E-state index < -0.39 is 0 Å². The van der Waals surface area contributed by atoms with Crippen molar-refractivity contribution >= 4 is 27.5 Å². The molecule has 102 valence electrons. The van der Waals surface area contributed by atoms with Crippen LogP contribution in [0.15, 0.2) is 41.0 Å². The second kappa shape index (κ2) is 5.30. The summed E-state index contributed by atoms with van der Waals surface area (Å²) in [6.45, 7) is 0.410. The number of hydrogen-bond donors (Lipinski definition) is 2. The molecule has 0 unspecified atom stereocenters. The number of aromatic amines is 1. The van der Waals surface area contributed by atoms with Crippen molar-refractivity contribution in [2.45, 2.75) is 13.1 Å². The van der Waals surface area contributed by atoms with Crippen molar-refractivity contribution in [1.82, 2.24) is 19.9 Å². The van der Waals surface area contributed by atoms with Gasteiger partial charge in [-0.15, -0.1) is 11.3 Å². The van der Waals surface area contributed by atoms with Crippen LogP contribution in [0.25, 0.3) is 10.2 Å². The zero-order valence-electron chi connectivity index (χ0n) is 10.5. The van der Waals surface area contributed by atoms with Crippen LogP contribution in [0.2, 0.25) is 0 Å². The molecular weight excluding hydrogens is 276 g/mol. The van der Waals surface area contributed by atoms with Gasteiger partial charge in [0.2, 0.25) is 5.91 Å². The quantitative estimate of drug-likeness (QED) is 0.754. The highest BCUT2D eigenvalue weighted by molar-refractivity contribution is 7.16. The largest absolute Gasteiger partial charge is 0.367 e. The molecule has 3 rings (SSSR count). The van der Waals surface area contributed by atoms with Crippen LogP contribution in [0.5, 0.6) is 0 Å². The Balaban J connectivity index is 1.71. The zero-order chi connectivity index (χ0) is 13.9. The Hall–Kier alpha value is -2.41. The Morgan fingerprint density at radius 2 is 2.35 bits per heavy atom. The summed E-state index contributed by atoms with van der Waals surface area (Å²) in [7, 11) is 0. The topological polar surface area (TPSA) is 79.8 Å². The Kier molecular flexibility index (Phi) is 3.34. The monoisotopic (exact) mass is 288 g/mol. The van der Waals surface area contributed by atoms with Crippen molar-refractivity contribution in [3.8, 4) is 0 Å². The normalized spacial score (nSPS) is 10.8. The SMILES string of the molecule is O=C(Cn1cnc2sccc2c1=O)NCc1cc[nH]c1. The molecule has 3 aromatic heterocycles. The number of nitrogens with one attached hydrogen (secondary N) is 2. The van der Waals surface area contributed by atoms with Gasteiger partial charge in [-0.3, -0.25) is 14.2 Å². The highest BCUT2D eigenvalue weighted by atomic mass is 32.1. The lowest BCUT2D eigenvalue weighted by Gasteiger charge is -2.06. The van der Waals surface area contributed by atoms with Crippen LogP contribution in [-0.2, 0) is 17.9 Å². The van der Waals surface area contributed by atoms with Crippen LogP contribution >= 0.6 is 11.3 Å². The summed E-state index contributed by atoms with van der Waals surface area (Å²) in [5.41, 5.74) is 0.796. The van der Waals surface area contributed by atoms with Gasteiger partial charge in [0.1, 0.15) is 11.4 Å². The molecular formula is C13H12N4O2S. The molecule has 0 aliphatic rings. The number of hydrogen-bond acceptors (Lipinski definition) is 4. The lowest BCUT2D eigenvalue weighted by atomic mass is 10.3. The van der Waals surface area contributed by atoms with Gasteiger partial charge in [-0.2, -0.15) is 0 Å². The van der Waals surface area contributed by atoms with E-state index in [-0.39, 0.29) is 18.0 Å². The lowest BCUT2D eigenvalue weighted by Crippen LogP contribution is -2.31. The molecule has 6 nitrogen and oxygen atoms in total. The molecule has 0 fully saturated rings. The van der Waals surface area contributed by atoms with Crippen LogP contribution in [-0.4, -0.2) is 20.4 Å². The van der Waals surface area contributed by atoms with Crippen LogP contribution in [0.4, 0.5) is 0 Å². The fourth-order valence-electron chi connectivity index (χ4n) is 1.89. The maximum absolute atomic E-state index is 12.1. The number of nitrogens with zero attached hydrogens (tertiary/aromatic N) is 2. The fourth-order valence-corrected chi connectivity index (χ4v) is 2.61. The van der Waals surface area contributed by atoms with Crippen LogP contribution in [0.1, 0.15) is 5.56 Å². The molecule has 0 saturated carbocycles. The first-order chi connectivity index (χ1) is 9.74. The summed E-state index contributed by atoms with van der Waals surface area (Å²) >= 11 is 1.41. The van der Waals surface area contributed by atoms with Gasteiger partial charge in [0.15, 0.2) is 0 Å². The van der Waals surface area contributed by atoms with Gasteiger partial charge in [-0.1, -0.05) is 0 Å². The van der Waals surface area contributed by atoms with Gasteiger partial charge in [0.05, 0.1) is 11.7 Å². The van der Waals surface area contributed by atoms with Gasteiger partial charge < -0.3 is 10.3 Å². The molecule has 3 aromatic rings. The van der Waals surface area contributed by atoms with Crippen molar-refractivity contribution in [3.63, 3.8) is 0 Å². The fraction of sp³-hybridized carbons (Fsp3) is 0.154. The van der Waals surface area contributed by atoms with E-state index in [1.165, 1.54) is 22.2 Å². The third-order valence-corrected chi connectivity index (χ3v) is 3.74. The number of carbonyl (C=O) groups excluding carboxylic acids is 1. The van der Waals surface area contributed by atoms with E-state index in [2.05, 4.69) is 15.3 Å². The summed E-state index contributed by atoms with van der Waals surface area (Å²) in [6, 6.07) is 3.61. The van der Waals surface area contributed by atoms with E-state index in [0.717, 1.165) is 5.56 Å². The Morgan fingerprint density at radius 3 is 3.15 bits per heavy atom. The standard InChI is InChI=1S/C13H12N4O2S/c18-11(15-6-9-1-3-14-5-9)7-17-8-16-12-10(13(17)19)2-4-20-12/h1-5,8,14H,6-7H2,(H,15,18). The van der Waals surface area contributed by atoms with Crippen LogP contribution in [0.3, 0.4) is 0 Å². The summed E-state index contributed by atoms with van der Waals surface area (Å²) in [5, 5.41) is 5.13. The minimum Gasteiger partial charge on any atom is -0.367 e. The minimum absolute atomic E-state index is 0.0258. The molecule has 0 radical (unpaired) electrons. The number of H-pyrrole nitrogens is 1. The second-order valence-electron chi connectivity index (χ2n) is 4.31. The molecule has 1 amide bonds. The first-order valence-electron chi connectivity index (χ1n) is 6.05. The Bertz CT molecular complexity index is 788. The second-order valence-corrected chi connectivity index (χ2v) is 5.21. The van der Waals surface area contributed by atoms with Crippen LogP contribution < -0.4 is 10.9 Å². The van der Waals surface area contributed by atoms with E-state index in [9.17, 15) is 9.59 Å². The first kappa shape index (κ1) is 12.6. The smallest absolute Gasteiger partial charge is 0.262 e. The van der Waals surface area contributed by atoms with Crippen molar-refractivity contribution in [3.05, 3.63) is 52.2 Å². The number of amides is 1. The van der Waals surface area contributed by atoms with E-state index in [0.29, 0.717) is 16.8 Å². The summed E-state index contributed by atoms with van der Waals surface area (Å²) in [5.74, 6) is -0.218. The number of carbonyl (C=O) groups is 1. The number of thiophene rings is 1. The van der Waals surface area contributed by atoms with E-state index in [4.69, 9.17) is 0 Å². The molecule has 0 aliphatic carbocycles. The average molecular weight is 288 g/mol. The molecule has 0 aromatic carbocycles. The minimum atomic E-state index is -0.218.